The summed E-state index contributed by atoms with van der Waals surface area (Å²) in [6, 6.07) is 14.7. The molecule has 0 aliphatic rings. The minimum Gasteiger partial charge on any atom is -0.365 e. The van der Waals surface area contributed by atoms with Crippen molar-refractivity contribution in [1.82, 2.24) is 9.38 Å². The number of aromatic nitrogens is 2. The van der Waals surface area contributed by atoms with Gasteiger partial charge in [0, 0.05) is 18.2 Å². The largest absolute Gasteiger partial charge is 0.365 e. The lowest BCUT2D eigenvalue weighted by atomic mass is 10.1. The van der Waals surface area contributed by atoms with Crippen LogP contribution in [-0.4, -0.2) is 14.9 Å². The number of pyridine rings is 1. The van der Waals surface area contributed by atoms with Gasteiger partial charge < -0.3 is 5.32 Å². The molecule has 3 rings (SSSR count). The van der Waals surface area contributed by atoms with Gasteiger partial charge in [0.15, 0.2) is 0 Å². The molecule has 0 atom stereocenters. The first-order valence-electron chi connectivity index (χ1n) is 7.72. The lowest BCUT2D eigenvalue weighted by molar-refractivity contribution is 0.628. The number of nitrogens with one attached hydrogen (secondary N) is 1. The Morgan fingerprint density at radius 3 is 2.50 bits per heavy atom. The number of nitrogens with zero attached hydrogens (tertiary/aromatic N) is 2. The maximum Gasteiger partial charge on any atom is 0.138 e. The van der Waals surface area contributed by atoms with Gasteiger partial charge in [0.1, 0.15) is 11.5 Å². The van der Waals surface area contributed by atoms with Crippen molar-refractivity contribution >= 4 is 11.5 Å². The summed E-state index contributed by atoms with van der Waals surface area (Å²) >= 11 is 0. The van der Waals surface area contributed by atoms with Crippen molar-refractivity contribution in [2.75, 3.05) is 5.32 Å². The molecule has 0 aliphatic carbocycles. The molecule has 0 aliphatic heterocycles. The highest BCUT2D eigenvalue weighted by Crippen LogP contribution is 2.24. The molecule has 0 radical (unpaired) electrons. The van der Waals surface area contributed by atoms with Crippen LogP contribution in [0.4, 0.5) is 5.82 Å². The second-order valence-corrected chi connectivity index (χ2v) is 6.88. The van der Waals surface area contributed by atoms with Gasteiger partial charge in [0.25, 0.3) is 0 Å². The van der Waals surface area contributed by atoms with Gasteiger partial charge in [-0.3, -0.25) is 4.40 Å². The van der Waals surface area contributed by atoms with Crippen LogP contribution in [0.5, 0.6) is 0 Å². The summed E-state index contributed by atoms with van der Waals surface area (Å²) in [5.41, 5.74) is 4.58. The van der Waals surface area contributed by atoms with Crippen LogP contribution in [0.15, 0.2) is 48.7 Å². The zero-order valence-electron chi connectivity index (χ0n) is 13.7. The molecule has 3 aromatic rings. The third-order valence-electron chi connectivity index (χ3n) is 3.56. The van der Waals surface area contributed by atoms with Crippen LogP contribution in [0.2, 0.25) is 0 Å². The highest BCUT2D eigenvalue weighted by Gasteiger charge is 2.18. The van der Waals surface area contributed by atoms with Crippen LogP contribution in [-0.2, 0) is 6.42 Å². The number of fused-ring (bicyclic) bond motifs is 1. The van der Waals surface area contributed by atoms with E-state index in [2.05, 4.69) is 80.0 Å². The normalized spacial score (nSPS) is 11.8. The fraction of sp³-hybridized carbons (Fsp3) is 0.316. The van der Waals surface area contributed by atoms with E-state index >= 15 is 0 Å². The van der Waals surface area contributed by atoms with Crippen molar-refractivity contribution in [3.05, 3.63) is 65.5 Å². The fourth-order valence-electron chi connectivity index (χ4n) is 2.60. The standard InChI is InChI=1S/C19H23N3/c1-14-10-11-22-17(12-14)20-16(18(22)21-19(2,3)4)13-15-8-6-5-7-9-15/h5-12,21H,13H2,1-4H3. The second kappa shape index (κ2) is 5.48. The average Bonchev–Trinajstić information content (AvgIpc) is 2.75. The number of hydrogen-bond donors (Lipinski definition) is 1. The number of imidazole rings is 1. The summed E-state index contributed by atoms with van der Waals surface area (Å²) in [6.45, 7) is 8.62. The first-order valence-corrected chi connectivity index (χ1v) is 7.72. The van der Waals surface area contributed by atoms with Crippen molar-refractivity contribution in [2.45, 2.75) is 39.7 Å². The molecule has 22 heavy (non-hydrogen) atoms. The Hall–Kier alpha value is -2.29. The van der Waals surface area contributed by atoms with Gasteiger partial charge in [-0.15, -0.1) is 0 Å². The fourth-order valence-corrected chi connectivity index (χ4v) is 2.60. The third kappa shape index (κ3) is 3.14. The Balaban J connectivity index is 2.09. The summed E-state index contributed by atoms with van der Waals surface area (Å²) < 4.78 is 2.15. The molecular weight excluding hydrogens is 270 g/mol. The Labute approximate surface area is 132 Å². The predicted molar refractivity (Wildman–Crippen MR) is 92.6 cm³/mol. The summed E-state index contributed by atoms with van der Waals surface area (Å²) in [5.74, 6) is 1.09. The molecule has 0 spiro atoms. The van der Waals surface area contributed by atoms with Gasteiger partial charge >= 0.3 is 0 Å². The number of rotatable bonds is 3. The Kier molecular flexibility index (Phi) is 3.65. The van der Waals surface area contributed by atoms with E-state index in [-0.39, 0.29) is 5.54 Å². The lowest BCUT2D eigenvalue weighted by Gasteiger charge is -2.22. The maximum absolute atomic E-state index is 4.85. The molecule has 0 saturated carbocycles. The van der Waals surface area contributed by atoms with Crippen molar-refractivity contribution in [3.63, 3.8) is 0 Å². The second-order valence-electron chi connectivity index (χ2n) is 6.88. The van der Waals surface area contributed by atoms with Crippen molar-refractivity contribution in [3.8, 4) is 0 Å². The quantitative estimate of drug-likeness (QED) is 0.773. The van der Waals surface area contributed by atoms with E-state index in [1.54, 1.807) is 0 Å². The van der Waals surface area contributed by atoms with Crippen LogP contribution in [0.3, 0.4) is 0 Å². The van der Waals surface area contributed by atoms with E-state index in [4.69, 9.17) is 4.98 Å². The Morgan fingerprint density at radius 2 is 1.82 bits per heavy atom. The van der Waals surface area contributed by atoms with Crippen LogP contribution >= 0.6 is 0 Å². The minimum atomic E-state index is -0.00765. The average molecular weight is 293 g/mol. The van der Waals surface area contributed by atoms with Gasteiger partial charge in [0.05, 0.1) is 5.69 Å². The molecule has 2 aromatic heterocycles. The van der Waals surface area contributed by atoms with E-state index in [0.717, 1.165) is 23.6 Å². The summed E-state index contributed by atoms with van der Waals surface area (Å²) in [5, 5.41) is 3.61. The highest BCUT2D eigenvalue weighted by molar-refractivity contribution is 5.58. The van der Waals surface area contributed by atoms with Crippen LogP contribution in [0.25, 0.3) is 5.65 Å². The monoisotopic (exact) mass is 293 g/mol. The van der Waals surface area contributed by atoms with Crippen LogP contribution in [0.1, 0.15) is 37.6 Å². The van der Waals surface area contributed by atoms with E-state index in [0.29, 0.717) is 0 Å². The topological polar surface area (TPSA) is 29.3 Å². The van der Waals surface area contributed by atoms with Crippen LogP contribution in [0, 0.1) is 6.92 Å². The van der Waals surface area contributed by atoms with E-state index in [1.807, 2.05) is 6.07 Å². The smallest absolute Gasteiger partial charge is 0.138 e. The number of benzene rings is 1. The molecule has 2 heterocycles. The molecule has 0 amide bonds. The molecule has 0 unspecified atom stereocenters. The molecule has 0 saturated heterocycles. The van der Waals surface area contributed by atoms with E-state index < -0.39 is 0 Å². The molecule has 0 bridgehead atoms. The lowest BCUT2D eigenvalue weighted by Crippen LogP contribution is -2.27. The summed E-state index contributed by atoms with van der Waals surface area (Å²) in [6.07, 6.45) is 2.93. The van der Waals surface area contributed by atoms with Crippen molar-refractivity contribution in [2.24, 2.45) is 0 Å². The van der Waals surface area contributed by atoms with E-state index in [1.165, 1.54) is 11.1 Å². The zero-order valence-corrected chi connectivity index (χ0v) is 13.7. The third-order valence-corrected chi connectivity index (χ3v) is 3.56. The molecule has 1 N–H and O–H groups in total. The summed E-state index contributed by atoms with van der Waals surface area (Å²) in [7, 11) is 0. The SMILES string of the molecule is Cc1ccn2c(NC(C)(C)C)c(Cc3ccccc3)nc2c1. The maximum atomic E-state index is 4.85. The van der Waals surface area contributed by atoms with Crippen molar-refractivity contribution < 1.29 is 0 Å². The first-order chi connectivity index (χ1) is 10.4. The summed E-state index contributed by atoms with van der Waals surface area (Å²) in [4.78, 5) is 4.85. The van der Waals surface area contributed by atoms with Gasteiger partial charge in [-0.1, -0.05) is 30.3 Å². The first kappa shape index (κ1) is 14.6. The molecular formula is C19H23N3. The van der Waals surface area contributed by atoms with Gasteiger partial charge in [-0.25, -0.2) is 4.98 Å². The Bertz CT molecular complexity index is 780. The molecule has 1 aromatic carbocycles. The highest BCUT2D eigenvalue weighted by atomic mass is 15.2. The van der Waals surface area contributed by atoms with E-state index in [9.17, 15) is 0 Å². The number of aryl methyl sites for hydroxylation is 1. The number of hydrogen-bond acceptors (Lipinski definition) is 2. The Morgan fingerprint density at radius 1 is 1.09 bits per heavy atom. The van der Waals surface area contributed by atoms with Crippen LogP contribution < -0.4 is 5.32 Å². The molecule has 114 valence electrons. The zero-order chi connectivity index (χ0) is 15.7. The van der Waals surface area contributed by atoms with Gasteiger partial charge in [-0.05, 0) is 51.0 Å². The van der Waals surface area contributed by atoms with Crippen molar-refractivity contribution in [1.29, 1.82) is 0 Å². The van der Waals surface area contributed by atoms with Gasteiger partial charge in [-0.2, -0.15) is 0 Å². The molecule has 0 fully saturated rings. The predicted octanol–water partition coefficient (Wildman–Crippen LogP) is 4.44. The van der Waals surface area contributed by atoms with Gasteiger partial charge in [0.2, 0.25) is 0 Å². The minimum absolute atomic E-state index is 0.00765. The molecule has 3 heteroatoms. The molecule has 3 nitrogen and oxygen atoms in total. The number of anilines is 1.